The summed E-state index contributed by atoms with van der Waals surface area (Å²) < 4.78 is 68.5. The molecule has 0 aromatic carbocycles. The number of aliphatic hydroxyl groups is 1. The third-order valence-corrected chi connectivity index (χ3v) is 19.7. The molecule has 3 N–H and O–H groups in total. The van der Waals surface area contributed by atoms with Crippen molar-refractivity contribution in [2.24, 2.45) is 5.92 Å². The van der Waals surface area contributed by atoms with Crippen LogP contribution in [0.2, 0.25) is 0 Å². The molecule has 0 aliphatic carbocycles. The Balaban J connectivity index is 5.20. The summed E-state index contributed by atoms with van der Waals surface area (Å²) in [5, 5.41) is 10.6. The summed E-state index contributed by atoms with van der Waals surface area (Å²) in [6, 6.07) is 0. The monoisotopic (exact) mass is 1400 g/mol. The van der Waals surface area contributed by atoms with Crippen LogP contribution < -0.4 is 0 Å². The van der Waals surface area contributed by atoms with E-state index in [9.17, 15) is 43.2 Å². The molecule has 0 heterocycles. The third kappa shape index (κ3) is 70.3. The van der Waals surface area contributed by atoms with Gasteiger partial charge in [-0.3, -0.25) is 37.3 Å². The Labute approximate surface area is 581 Å². The van der Waals surface area contributed by atoms with E-state index >= 15 is 0 Å². The molecule has 0 saturated carbocycles. The minimum atomic E-state index is -4.96. The predicted octanol–water partition coefficient (Wildman–Crippen LogP) is 22.5. The molecular formula is C76H148O17P2. The summed E-state index contributed by atoms with van der Waals surface area (Å²) >= 11 is 0. The molecule has 0 fully saturated rings. The molecule has 0 spiro atoms. The van der Waals surface area contributed by atoms with E-state index in [1.807, 2.05) is 0 Å². The molecule has 5 atom stereocenters. The predicted molar refractivity (Wildman–Crippen MR) is 386 cm³/mol. The van der Waals surface area contributed by atoms with E-state index in [-0.39, 0.29) is 25.7 Å². The second kappa shape index (κ2) is 69.2. The molecule has 95 heavy (non-hydrogen) atoms. The van der Waals surface area contributed by atoms with E-state index in [0.717, 1.165) is 95.8 Å². The molecule has 0 saturated heterocycles. The number of esters is 4. The molecule has 0 bridgehead atoms. The quantitative estimate of drug-likeness (QED) is 0.0222. The lowest BCUT2D eigenvalue weighted by molar-refractivity contribution is -0.161. The largest absolute Gasteiger partial charge is 0.472 e. The summed E-state index contributed by atoms with van der Waals surface area (Å²) in [4.78, 5) is 72.7. The van der Waals surface area contributed by atoms with Crippen molar-refractivity contribution < 1.29 is 80.2 Å². The fraction of sp³-hybridized carbons (Fsp3) is 0.947. The molecule has 0 aliphatic heterocycles. The minimum absolute atomic E-state index is 0.107. The first-order valence-electron chi connectivity index (χ1n) is 39.6. The lowest BCUT2D eigenvalue weighted by Crippen LogP contribution is -2.30. The van der Waals surface area contributed by atoms with Gasteiger partial charge in [-0.15, -0.1) is 0 Å². The van der Waals surface area contributed by atoms with Gasteiger partial charge in [0.05, 0.1) is 26.4 Å². The summed E-state index contributed by atoms with van der Waals surface area (Å²) in [6.07, 6.45) is 58.3. The molecule has 0 amide bonds. The highest BCUT2D eigenvalue weighted by atomic mass is 31.2. The topological polar surface area (TPSA) is 237 Å². The SMILES string of the molecule is CCCCCCCCCCCCCCCCCCCCCCC(=O)O[C@H](COC(=O)CCCCCCCCCCCCCCC(C)C)COP(=O)(O)OC[C@@H](O)COP(=O)(O)OC[C@@H](COC(=O)CCCCCCCCCCC)OC(=O)CCCCCCCCCCCCC. The van der Waals surface area contributed by atoms with Crippen LogP contribution in [0.3, 0.4) is 0 Å². The zero-order chi connectivity index (χ0) is 69.8. The van der Waals surface area contributed by atoms with E-state index in [1.165, 1.54) is 225 Å². The van der Waals surface area contributed by atoms with Gasteiger partial charge in [-0.25, -0.2) is 9.13 Å². The second-order valence-electron chi connectivity index (χ2n) is 27.9. The first kappa shape index (κ1) is 93.1. The highest BCUT2D eigenvalue weighted by Crippen LogP contribution is 2.45. The Bertz CT molecular complexity index is 1820. The zero-order valence-electron chi connectivity index (χ0n) is 61.8. The number of ether oxygens (including phenoxy) is 4. The van der Waals surface area contributed by atoms with Crippen LogP contribution in [-0.2, 0) is 65.4 Å². The molecule has 17 nitrogen and oxygen atoms in total. The molecule has 0 radical (unpaired) electrons. The Hall–Kier alpha value is -1.94. The Morgan fingerprint density at radius 2 is 0.484 bits per heavy atom. The molecule has 0 aliphatic rings. The van der Waals surface area contributed by atoms with Crippen LogP contribution in [0.5, 0.6) is 0 Å². The maximum absolute atomic E-state index is 13.1. The van der Waals surface area contributed by atoms with Crippen molar-refractivity contribution in [2.75, 3.05) is 39.6 Å². The highest BCUT2D eigenvalue weighted by molar-refractivity contribution is 7.47. The van der Waals surface area contributed by atoms with Gasteiger partial charge in [-0.05, 0) is 31.6 Å². The molecule has 2 unspecified atom stereocenters. The smallest absolute Gasteiger partial charge is 0.462 e. The van der Waals surface area contributed by atoms with Gasteiger partial charge in [0.15, 0.2) is 12.2 Å². The van der Waals surface area contributed by atoms with Crippen molar-refractivity contribution in [1.82, 2.24) is 0 Å². The van der Waals surface area contributed by atoms with Crippen molar-refractivity contribution in [3.8, 4) is 0 Å². The first-order valence-corrected chi connectivity index (χ1v) is 42.6. The van der Waals surface area contributed by atoms with Crippen molar-refractivity contribution in [2.45, 2.75) is 419 Å². The van der Waals surface area contributed by atoms with Crippen LogP contribution in [0.4, 0.5) is 0 Å². The number of hydrogen-bond acceptors (Lipinski definition) is 15. The van der Waals surface area contributed by atoms with E-state index in [4.69, 9.17) is 37.0 Å². The van der Waals surface area contributed by atoms with Crippen LogP contribution >= 0.6 is 15.6 Å². The normalized spacial score (nSPS) is 13.9. The fourth-order valence-corrected chi connectivity index (χ4v) is 13.3. The Kier molecular flexibility index (Phi) is 67.7. The Morgan fingerprint density at radius 3 is 0.716 bits per heavy atom. The standard InChI is InChI=1S/C76H148O17P2/c1-6-9-12-15-18-21-23-24-25-26-27-28-29-30-31-37-42-47-52-57-62-76(81)93-72(66-87-74(79)60-55-50-45-40-36-33-32-35-39-43-48-53-58-69(4)5)68-91-95(84,85)89-64-70(77)63-88-94(82,83)90-67-71(65-86-73(78)59-54-49-44-38-20-17-14-11-8-3)92-75(80)61-56-51-46-41-34-22-19-16-13-10-7-2/h69-72,77H,6-68H2,1-5H3,(H,82,83)(H,84,85)/t70-,71+,72+/m0/s1. The van der Waals surface area contributed by atoms with Gasteiger partial charge in [0.25, 0.3) is 0 Å². The van der Waals surface area contributed by atoms with Crippen LogP contribution in [0, 0.1) is 5.92 Å². The number of carbonyl (C=O) groups excluding carboxylic acids is 4. The number of rotatable bonds is 76. The van der Waals surface area contributed by atoms with Crippen molar-refractivity contribution >= 4 is 39.5 Å². The van der Waals surface area contributed by atoms with Crippen molar-refractivity contribution in [1.29, 1.82) is 0 Å². The van der Waals surface area contributed by atoms with Crippen LogP contribution in [0.25, 0.3) is 0 Å². The van der Waals surface area contributed by atoms with Crippen LogP contribution in [-0.4, -0.2) is 96.7 Å². The van der Waals surface area contributed by atoms with Gasteiger partial charge in [-0.1, -0.05) is 349 Å². The van der Waals surface area contributed by atoms with E-state index in [0.29, 0.717) is 25.7 Å². The number of hydrogen-bond donors (Lipinski definition) is 3. The maximum atomic E-state index is 13.1. The molecule has 19 heteroatoms. The van der Waals surface area contributed by atoms with Gasteiger partial charge >= 0.3 is 39.5 Å². The summed E-state index contributed by atoms with van der Waals surface area (Å²) in [7, 11) is -9.91. The van der Waals surface area contributed by atoms with E-state index in [2.05, 4.69) is 34.6 Å². The first-order chi connectivity index (χ1) is 46.0. The Morgan fingerprint density at radius 1 is 0.284 bits per heavy atom. The summed E-state index contributed by atoms with van der Waals surface area (Å²) in [6.45, 7) is 7.28. The number of phosphoric ester groups is 2. The minimum Gasteiger partial charge on any atom is -0.462 e. The summed E-state index contributed by atoms with van der Waals surface area (Å²) in [5.74, 6) is -1.33. The molecule has 0 aromatic heterocycles. The second-order valence-corrected chi connectivity index (χ2v) is 30.8. The number of carbonyl (C=O) groups is 4. The van der Waals surface area contributed by atoms with Gasteiger partial charge in [-0.2, -0.15) is 0 Å². The molecule has 0 rings (SSSR count). The lowest BCUT2D eigenvalue weighted by Gasteiger charge is -2.21. The number of phosphoric acid groups is 2. The summed E-state index contributed by atoms with van der Waals surface area (Å²) in [5.41, 5.74) is 0. The van der Waals surface area contributed by atoms with E-state index < -0.39 is 97.5 Å². The van der Waals surface area contributed by atoms with Crippen LogP contribution in [0.15, 0.2) is 0 Å². The number of unbranched alkanes of at least 4 members (excludes halogenated alkanes) is 48. The molecular weight excluding hydrogens is 1250 g/mol. The maximum Gasteiger partial charge on any atom is 0.472 e. The molecule has 564 valence electrons. The van der Waals surface area contributed by atoms with Crippen molar-refractivity contribution in [3.05, 3.63) is 0 Å². The fourth-order valence-electron chi connectivity index (χ4n) is 11.7. The number of aliphatic hydroxyl groups excluding tert-OH is 1. The zero-order valence-corrected chi connectivity index (χ0v) is 63.6. The van der Waals surface area contributed by atoms with Gasteiger partial charge in [0.1, 0.15) is 19.3 Å². The average molecular weight is 1400 g/mol. The van der Waals surface area contributed by atoms with Gasteiger partial charge in [0.2, 0.25) is 0 Å². The molecule has 0 aromatic rings. The van der Waals surface area contributed by atoms with E-state index in [1.54, 1.807) is 0 Å². The van der Waals surface area contributed by atoms with Gasteiger partial charge < -0.3 is 33.8 Å². The lowest BCUT2D eigenvalue weighted by atomic mass is 10.0. The van der Waals surface area contributed by atoms with Gasteiger partial charge in [0, 0.05) is 25.7 Å². The highest BCUT2D eigenvalue weighted by Gasteiger charge is 2.30. The average Bonchev–Trinajstić information content (AvgIpc) is 1.37. The third-order valence-electron chi connectivity index (χ3n) is 17.8. The van der Waals surface area contributed by atoms with Crippen LogP contribution in [0.1, 0.15) is 401 Å². The van der Waals surface area contributed by atoms with Crippen molar-refractivity contribution in [3.63, 3.8) is 0 Å².